The normalized spacial score (nSPS) is 13.3. The highest BCUT2D eigenvalue weighted by Crippen LogP contribution is 2.13. The molecule has 104 valence electrons. The van der Waals surface area contributed by atoms with Crippen LogP contribution in [-0.2, 0) is 6.54 Å². The van der Waals surface area contributed by atoms with Crippen LogP contribution in [0.2, 0.25) is 0 Å². The summed E-state index contributed by atoms with van der Waals surface area (Å²) in [5.41, 5.74) is 8.48. The maximum Gasteiger partial charge on any atom is 0.323 e. The molecule has 19 heavy (non-hydrogen) atoms. The smallest absolute Gasteiger partial charge is 0.323 e. The van der Waals surface area contributed by atoms with Gasteiger partial charge in [-0.2, -0.15) is 0 Å². The largest absolute Gasteiger partial charge is 0.330 e. The fourth-order valence-electron chi connectivity index (χ4n) is 2.37. The lowest BCUT2D eigenvalue weighted by atomic mass is 10.1. The first-order valence-electron chi connectivity index (χ1n) is 6.72. The van der Waals surface area contributed by atoms with Gasteiger partial charge in [-0.05, 0) is 37.2 Å². The lowest BCUT2D eigenvalue weighted by Crippen LogP contribution is -2.29. The van der Waals surface area contributed by atoms with Crippen LogP contribution in [0.25, 0.3) is 11.0 Å². The quantitative estimate of drug-likeness (QED) is 0.733. The highest BCUT2D eigenvalue weighted by atomic mass is 16.1. The molecule has 0 fully saturated rings. The van der Waals surface area contributed by atoms with Gasteiger partial charge in [0, 0.05) is 13.1 Å². The van der Waals surface area contributed by atoms with Gasteiger partial charge < -0.3 is 20.6 Å². The van der Waals surface area contributed by atoms with Gasteiger partial charge in [0.1, 0.15) is 0 Å². The third kappa shape index (κ3) is 3.45. The van der Waals surface area contributed by atoms with Crippen LogP contribution in [0.4, 0.5) is 0 Å². The summed E-state index contributed by atoms with van der Waals surface area (Å²) in [6, 6.07) is 6.01. The van der Waals surface area contributed by atoms with Gasteiger partial charge in [-0.3, -0.25) is 0 Å². The Bertz CT molecular complexity index is 582. The molecule has 0 saturated carbocycles. The van der Waals surface area contributed by atoms with Crippen LogP contribution in [0.15, 0.2) is 23.0 Å². The van der Waals surface area contributed by atoms with E-state index in [1.54, 1.807) is 0 Å². The third-order valence-corrected chi connectivity index (χ3v) is 3.51. The van der Waals surface area contributed by atoms with Crippen LogP contribution in [0.5, 0.6) is 0 Å². The van der Waals surface area contributed by atoms with Crippen molar-refractivity contribution in [3.8, 4) is 0 Å². The Balaban J connectivity index is 2.05. The Kier molecular flexibility index (Phi) is 4.39. The monoisotopic (exact) mass is 262 g/mol. The summed E-state index contributed by atoms with van der Waals surface area (Å²) >= 11 is 0. The van der Waals surface area contributed by atoms with Gasteiger partial charge in [0.2, 0.25) is 0 Å². The van der Waals surface area contributed by atoms with Crippen molar-refractivity contribution in [3.05, 3.63) is 34.2 Å². The number of hydrogen-bond acceptors (Lipinski definition) is 3. The van der Waals surface area contributed by atoms with E-state index in [4.69, 9.17) is 5.73 Å². The number of nitrogens with zero attached hydrogens (tertiary/aromatic N) is 1. The molecule has 0 spiro atoms. The Morgan fingerprint density at radius 1 is 1.32 bits per heavy atom. The molecule has 0 amide bonds. The molecule has 4 N–H and O–H groups in total. The molecule has 0 aliphatic rings. The van der Waals surface area contributed by atoms with Crippen molar-refractivity contribution in [2.24, 2.45) is 11.7 Å². The van der Waals surface area contributed by atoms with Gasteiger partial charge in [-0.25, -0.2) is 4.79 Å². The number of imidazole rings is 1. The average molecular weight is 262 g/mol. The highest BCUT2D eigenvalue weighted by molar-refractivity contribution is 5.74. The molecule has 1 aromatic heterocycles. The Hall–Kier alpha value is -1.59. The number of fused-ring (bicyclic) bond motifs is 1. The molecule has 2 aromatic rings. The predicted octanol–water partition coefficient (Wildman–Crippen LogP) is 1.27. The molecule has 2 rings (SSSR count). The molecule has 1 atom stereocenters. The van der Waals surface area contributed by atoms with Gasteiger partial charge in [0.15, 0.2) is 0 Å². The fourth-order valence-corrected chi connectivity index (χ4v) is 2.37. The summed E-state index contributed by atoms with van der Waals surface area (Å²) in [5.74, 6) is 0.542. The molecule has 0 saturated heterocycles. The average Bonchev–Trinajstić information content (AvgIpc) is 2.75. The van der Waals surface area contributed by atoms with Crippen molar-refractivity contribution in [1.29, 1.82) is 0 Å². The lowest BCUT2D eigenvalue weighted by Gasteiger charge is -2.22. The third-order valence-electron chi connectivity index (χ3n) is 3.51. The number of H-pyrrole nitrogens is 2. The van der Waals surface area contributed by atoms with Crippen molar-refractivity contribution >= 4 is 11.0 Å². The van der Waals surface area contributed by atoms with Gasteiger partial charge in [0.25, 0.3) is 0 Å². The maximum absolute atomic E-state index is 11.2. The van der Waals surface area contributed by atoms with Crippen LogP contribution in [0.3, 0.4) is 0 Å². The van der Waals surface area contributed by atoms with E-state index >= 15 is 0 Å². The zero-order valence-corrected chi connectivity index (χ0v) is 11.6. The van der Waals surface area contributed by atoms with E-state index in [0.29, 0.717) is 5.92 Å². The van der Waals surface area contributed by atoms with E-state index in [1.165, 1.54) is 5.56 Å². The van der Waals surface area contributed by atoms with Crippen LogP contribution in [0, 0.1) is 5.92 Å². The standard InChI is InChI=1S/C14H22N4O/c1-3-10(7-15)8-18(2)9-11-4-5-12-13(6-11)17-14(19)16-12/h4-6,10H,3,7-9,15H2,1-2H3,(H2,16,17,19). The second-order valence-electron chi connectivity index (χ2n) is 5.17. The first-order valence-corrected chi connectivity index (χ1v) is 6.72. The summed E-state index contributed by atoms with van der Waals surface area (Å²) in [5, 5.41) is 0. The molecular formula is C14H22N4O. The molecule has 5 nitrogen and oxygen atoms in total. The van der Waals surface area contributed by atoms with Gasteiger partial charge in [-0.15, -0.1) is 0 Å². The van der Waals surface area contributed by atoms with Crippen LogP contribution in [-0.4, -0.2) is 35.0 Å². The van der Waals surface area contributed by atoms with Crippen molar-refractivity contribution < 1.29 is 0 Å². The number of rotatable bonds is 6. The highest BCUT2D eigenvalue weighted by Gasteiger charge is 2.09. The minimum absolute atomic E-state index is 0.158. The number of nitrogens with one attached hydrogen (secondary N) is 2. The van der Waals surface area contributed by atoms with E-state index in [2.05, 4.69) is 28.8 Å². The van der Waals surface area contributed by atoms with Crippen LogP contribution >= 0.6 is 0 Å². The summed E-state index contributed by atoms with van der Waals surface area (Å²) in [4.78, 5) is 19.0. The molecule has 0 bridgehead atoms. The Morgan fingerprint density at radius 3 is 2.74 bits per heavy atom. The second kappa shape index (κ2) is 6.04. The Morgan fingerprint density at radius 2 is 2.05 bits per heavy atom. The van der Waals surface area contributed by atoms with Gasteiger partial charge in [-0.1, -0.05) is 19.4 Å². The summed E-state index contributed by atoms with van der Waals surface area (Å²) in [6.45, 7) is 4.75. The van der Waals surface area contributed by atoms with Gasteiger partial charge >= 0.3 is 5.69 Å². The van der Waals surface area contributed by atoms with Crippen molar-refractivity contribution in [2.75, 3.05) is 20.1 Å². The topological polar surface area (TPSA) is 77.9 Å². The van der Waals surface area contributed by atoms with Crippen molar-refractivity contribution in [1.82, 2.24) is 14.9 Å². The molecule has 5 heteroatoms. The zero-order valence-electron chi connectivity index (χ0n) is 11.6. The second-order valence-corrected chi connectivity index (χ2v) is 5.17. The molecular weight excluding hydrogens is 240 g/mol. The minimum Gasteiger partial charge on any atom is -0.330 e. The number of aromatic nitrogens is 2. The number of hydrogen-bond donors (Lipinski definition) is 3. The Labute approximate surface area is 112 Å². The number of nitrogens with two attached hydrogens (primary N) is 1. The van der Waals surface area contributed by atoms with Crippen LogP contribution in [0.1, 0.15) is 18.9 Å². The summed E-state index contributed by atoms with van der Waals surface area (Å²) < 4.78 is 0. The SMILES string of the molecule is CCC(CN)CN(C)Cc1ccc2[nH]c(=O)[nH]c2c1. The minimum atomic E-state index is -0.158. The molecule has 1 unspecified atom stereocenters. The van der Waals surface area contributed by atoms with Crippen molar-refractivity contribution in [2.45, 2.75) is 19.9 Å². The zero-order chi connectivity index (χ0) is 13.8. The number of aromatic amines is 2. The van der Waals surface area contributed by atoms with E-state index in [1.807, 2.05) is 18.2 Å². The first-order chi connectivity index (χ1) is 9.12. The summed E-state index contributed by atoms with van der Waals surface area (Å²) in [6.07, 6.45) is 1.10. The van der Waals surface area contributed by atoms with E-state index in [-0.39, 0.29) is 5.69 Å². The molecule has 0 aliphatic heterocycles. The van der Waals surface area contributed by atoms with E-state index < -0.39 is 0 Å². The predicted molar refractivity (Wildman–Crippen MR) is 78.1 cm³/mol. The van der Waals surface area contributed by atoms with Gasteiger partial charge in [0.05, 0.1) is 11.0 Å². The summed E-state index contributed by atoms with van der Waals surface area (Å²) in [7, 11) is 2.10. The molecule has 0 aliphatic carbocycles. The maximum atomic E-state index is 11.2. The first kappa shape index (κ1) is 13.8. The van der Waals surface area contributed by atoms with Crippen molar-refractivity contribution in [3.63, 3.8) is 0 Å². The number of benzene rings is 1. The van der Waals surface area contributed by atoms with E-state index in [0.717, 1.165) is 37.1 Å². The lowest BCUT2D eigenvalue weighted by molar-refractivity contribution is 0.268. The molecule has 1 aromatic carbocycles. The fraction of sp³-hybridized carbons (Fsp3) is 0.500. The van der Waals surface area contributed by atoms with Crippen LogP contribution < -0.4 is 11.4 Å². The molecule has 0 radical (unpaired) electrons. The van der Waals surface area contributed by atoms with E-state index in [9.17, 15) is 4.79 Å². The molecule has 1 heterocycles.